The Labute approximate surface area is 193 Å². The van der Waals surface area contributed by atoms with Crippen LogP contribution in [0, 0.1) is 11.3 Å². The van der Waals surface area contributed by atoms with Crippen LogP contribution in [0.25, 0.3) is 0 Å². The number of carbonyl (C=O) groups is 1. The maximum atomic E-state index is 12.7. The van der Waals surface area contributed by atoms with Gasteiger partial charge in [0.2, 0.25) is 0 Å². The summed E-state index contributed by atoms with van der Waals surface area (Å²) in [6.45, 7) is 3.50. The second-order valence-corrected chi connectivity index (χ2v) is 9.16. The van der Waals surface area contributed by atoms with E-state index in [0.717, 1.165) is 6.42 Å². The lowest BCUT2D eigenvalue weighted by Gasteiger charge is -2.15. The van der Waals surface area contributed by atoms with Gasteiger partial charge in [-0.25, -0.2) is 8.42 Å². The van der Waals surface area contributed by atoms with Crippen LogP contribution in [-0.4, -0.2) is 19.3 Å². The molecule has 0 unspecified atom stereocenters. The second kappa shape index (κ2) is 10.2. The van der Waals surface area contributed by atoms with E-state index in [2.05, 4.69) is 4.72 Å². The van der Waals surface area contributed by atoms with E-state index in [0.29, 0.717) is 29.0 Å². The van der Waals surface area contributed by atoms with Crippen molar-refractivity contribution in [1.29, 1.82) is 5.26 Å². The standard InChI is InChI=1S/C25H24N2O5S/c1-3-6-23-24(12-11-22(17(2)28)25(23)29)32-16-19-8-4-9-20(13-19)27-33(30,31)21-10-5-7-18(14-21)15-26/h4-5,7-14,27,29H,3,6,16H2,1-2H3. The quantitative estimate of drug-likeness (QED) is 0.440. The molecule has 170 valence electrons. The van der Waals surface area contributed by atoms with Gasteiger partial charge >= 0.3 is 0 Å². The van der Waals surface area contributed by atoms with E-state index < -0.39 is 10.0 Å². The van der Waals surface area contributed by atoms with Crippen LogP contribution in [0.3, 0.4) is 0 Å². The summed E-state index contributed by atoms with van der Waals surface area (Å²) in [7, 11) is -3.87. The number of sulfonamides is 1. The molecule has 0 amide bonds. The smallest absolute Gasteiger partial charge is 0.261 e. The van der Waals surface area contributed by atoms with E-state index in [1.54, 1.807) is 30.3 Å². The molecule has 3 aromatic carbocycles. The summed E-state index contributed by atoms with van der Waals surface area (Å²) < 4.78 is 33.8. The molecule has 7 nitrogen and oxygen atoms in total. The predicted octanol–water partition coefficient (Wildman–Crippen LogP) is 4.80. The molecular weight excluding hydrogens is 440 g/mol. The Morgan fingerprint density at radius 3 is 2.58 bits per heavy atom. The first kappa shape index (κ1) is 23.8. The van der Waals surface area contributed by atoms with E-state index in [1.165, 1.54) is 37.3 Å². The third-order valence-electron chi connectivity index (χ3n) is 4.97. The molecule has 0 aromatic heterocycles. The molecule has 0 atom stereocenters. The Kier molecular flexibility index (Phi) is 7.36. The number of rotatable bonds is 9. The number of ketones is 1. The highest BCUT2D eigenvalue weighted by Gasteiger charge is 2.17. The van der Waals surface area contributed by atoms with Crippen molar-refractivity contribution in [2.24, 2.45) is 0 Å². The van der Waals surface area contributed by atoms with Crippen molar-refractivity contribution in [3.8, 4) is 17.6 Å². The first-order valence-corrected chi connectivity index (χ1v) is 11.8. The lowest BCUT2D eigenvalue weighted by molar-refractivity contribution is 0.101. The number of hydrogen-bond acceptors (Lipinski definition) is 6. The third kappa shape index (κ3) is 5.70. The highest BCUT2D eigenvalue weighted by atomic mass is 32.2. The van der Waals surface area contributed by atoms with Crippen LogP contribution in [0.4, 0.5) is 5.69 Å². The SMILES string of the molecule is CCCc1c(OCc2cccc(NS(=O)(=O)c3cccc(C#N)c3)c2)ccc(C(C)=O)c1O. The molecule has 0 heterocycles. The van der Waals surface area contributed by atoms with Crippen LogP contribution in [0.15, 0.2) is 65.6 Å². The summed E-state index contributed by atoms with van der Waals surface area (Å²) in [6, 6.07) is 17.6. The van der Waals surface area contributed by atoms with Crippen molar-refractivity contribution in [2.45, 2.75) is 38.2 Å². The number of nitriles is 1. The summed E-state index contributed by atoms with van der Waals surface area (Å²) in [5.41, 5.74) is 2.13. The molecule has 2 N–H and O–H groups in total. The lowest BCUT2D eigenvalue weighted by atomic mass is 10.0. The monoisotopic (exact) mass is 464 g/mol. The van der Waals surface area contributed by atoms with E-state index in [9.17, 15) is 18.3 Å². The van der Waals surface area contributed by atoms with Gasteiger partial charge in [0.25, 0.3) is 10.0 Å². The summed E-state index contributed by atoms with van der Waals surface area (Å²) in [5, 5.41) is 19.5. The van der Waals surface area contributed by atoms with Crippen molar-refractivity contribution < 1.29 is 23.1 Å². The number of Topliss-reactive ketones (excluding diaryl/α,β-unsaturated/α-hetero) is 1. The Hall–Kier alpha value is -3.83. The van der Waals surface area contributed by atoms with E-state index in [4.69, 9.17) is 10.00 Å². The van der Waals surface area contributed by atoms with Gasteiger partial charge in [-0.1, -0.05) is 31.5 Å². The fourth-order valence-corrected chi connectivity index (χ4v) is 4.46. The topological polar surface area (TPSA) is 116 Å². The van der Waals surface area contributed by atoms with Gasteiger partial charge in [-0.15, -0.1) is 0 Å². The average Bonchev–Trinajstić information content (AvgIpc) is 2.79. The molecule has 8 heteroatoms. The largest absolute Gasteiger partial charge is 0.507 e. The van der Waals surface area contributed by atoms with Gasteiger partial charge in [-0.3, -0.25) is 9.52 Å². The summed E-state index contributed by atoms with van der Waals surface area (Å²) in [6.07, 6.45) is 1.30. The molecule has 0 bridgehead atoms. The van der Waals surface area contributed by atoms with Gasteiger partial charge in [0.15, 0.2) is 5.78 Å². The molecule has 0 radical (unpaired) electrons. The average molecular weight is 465 g/mol. The molecule has 3 rings (SSSR count). The zero-order chi connectivity index (χ0) is 24.0. The van der Waals surface area contributed by atoms with Gasteiger partial charge in [0.1, 0.15) is 18.1 Å². The minimum atomic E-state index is -3.87. The molecule has 0 fully saturated rings. The number of phenols is 1. The molecule has 0 aliphatic carbocycles. The zero-order valence-corrected chi connectivity index (χ0v) is 19.1. The predicted molar refractivity (Wildman–Crippen MR) is 125 cm³/mol. The minimum absolute atomic E-state index is 0.00607. The van der Waals surface area contributed by atoms with Crippen molar-refractivity contribution in [1.82, 2.24) is 0 Å². The maximum absolute atomic E-state index is 12.7. The van der Waals surface area contributed by atoms with Gasteiger partial charge in [-0.2, -0.15) is 5.26 Å². The number of phenolic OH excluding ortho intramolecular Hbond substituents is 1. The Morgan fingerprint density at radius 2 is 1.88 bits per heavy atom. The first-order valence-electron chi connectivity index (χ1n) is 10.4. The summed E-state index contributed by atoms with van der Waals surface area (Å²) in [4.78, 5) is 11.7. The number of hydrogen-bond donors (Lipinski definition) is 2. The van der Waals surface area contributed by atoms with Crippen LogP contribution in [0.5, 0.6) is 11.5 Å². The van der Waals surface area contributed by atoms with Crippen molar-refractivity contribution in [3.05, 3.63) is 82.9 Å². The second-order valence-electron chi connectivity index (χ2n) is 7.48. The molecule has 0 saturated carbocycles. The zero-order valence-electron chi connectivity index (χ0n) is 18.3. The van der Waals surface area contributed by atoms with Crippen molar-refractivity contribution in [3.63, 3.8) is 0 Å². The van der Waals surface area contributed by atoms with Crippen LogP contribution in [0.2, 0.25) is 0 Å². The Bertz CT molecular complexity index is 1330. The van der Waals surface area contributed by atoms with E-state index in [1.807, 2.05) is 13.0 Å². The molecule has 33 heavy (non-hydrogen) atoms. The van der Waals surface area contributed by atoms with Gasteiger partial charge < -0.3 is 9.84 Å². The third-order valence-corrected chi connectivity index (χ3v) is 6.35. The number of benzene rings is 3. The fraction of sp³-hybridized carbons (Fsp3) is 0.200. The number of nitrogens with zero attached hydrogens (tertiary/aromatic N) is 1. The number of aromatic hydroxyl groups is 1. The first-order chi connectivity index (χ1) is 15.7. The van der Waals surface area contributed by atoms with E-state index in [-0.39, 0.29) is 34.2 Å². The maximum Gasteiger partial charge on any atom is 0.261 e. The van der Waals surface area contributed by atoms with Crippen LogP contribution >= 0.6 is 0 Å². The summed E-state index contributed by atoms with van der Waals surface area (Å²) >= 11 is 0. The van der Waals surface area contributed by atoms with Gasteiger partial charge in [-0.05, 0) is 61.4 Å². The Morgan fingerprint density at radius 1 is 1.12 bits per heavy atom. The van der Waals surface area contributed by atoms with Crippen molar-refractivity contribution in [2.75, 3.05) is 4.72 Å². The fourth-order valence-electron chi connectivity index (χ4n) is 3.36. The van der Waals surface area contributed by atoms with Crippen molar-refractivity contribution >= 4 is 21.5 Å². The number of ether oxygens (including phenoxy) is 1. The summed E-state index contributed by atoms with van der Waals surface area (Å²) in [5.74, 6) is 0.179. The lowest BCUT2D eigenvalue weighted by Crippen LogP contribution is -2.13. The molecule has 0 aliphatic rings. The highest BCUT2D eigenvalue weighted by molar-refractivity contribution is 7.92. The van der Waals surface area contributed by atoms with Crippen LogP contribution < -0.4 is 9.46 Å². The normalized spacial score (nSPS) is 10.9. The van der Waals surface area contributed by atoms with Crippen LogP contribution in [0.1, 0.15) is 47.3 Å². The number of anilines is 1. The number of carbonyl (C=O) groups excluding carboxylic acids is 1. The van der Waals surface area contributed by atoms with Gasteiger partial charge in [0, 0.05) is 11.3 Å². The molecule has 0 spiro atoms. The molecule has 3 aromatic rings. The highest BCUT2D eigenvalue weighted by Crippen LogP contribution is 2.33. The minimum Gasteiger partial charge on any atom is -0.507 e. The Balaban J connectivity index is 1.79. The molecular formula is C25H24N2O5S. The van der Waals surface area contributed by atoms with E-state index >= 15 is 0 Å². The van der Waals surface area contributed by atoms with Gasteiger partial charge in [0.05, 0.1) is 22.1 Å². The van der Waals surface area contributed by atoms with Crippen LogP contribution in [-0.2, 0) is 23.1 Å². The molecule has 0 aliphatic heterocycles. The number of nitrogens with one attached hydrogen (secondary N) is 1. The molecule has 0 saturated heterocycles.